The lowest BCUT2D eigenvalue weighted by atomic mass is 10.1. The number of hydrogen-bond acceptors (Lipinski definition) is 2. The Bertz CT molecular complexity index is 636. The molecule has 1 heterocycles. The van der Waals surface area contributed by atoms with Gasteiger partial charge >= 0.3 is 6.18 Å². The van der Waals surface area contributed by atoms with Crippen molar-refractivity contribution in [2.45, 2.75) is 19.5 Å². The van der Waals surface area contributed by atoms with E-state index >= 15 is 0 Å². The van der Waals surface area contributed by atoms with Gasteiger partial charge in [0.05, 0.1) is 5.56 Å². The molecule has 0 bridgehead atoms. The lowest BCUT2D eigenvalue weighted by Crippen LogP contribution is -2.14. The van der Waals surface area contributed by atoms with Crippen LogP contribution in [0, 0.1) is 0 Å². The van der Waals surface area contributed by atoms with Crippen molar-refractivity contribution in [2.75, 3.05) is 5.32 Å². The first kappa shape index (κ1) is 15.0. The maximum atomic E-state index is 12.4. The number of aryl methyl sites for hydroxylation is 1. The van der Waals surface area contributed by atoms with E-state index < -0.39 is 17.8 Å². The Kier molecular flexibility index (Phi) is 4.26. The molecule has 3 nitrogen and oxygen atoms in total. The molecule has 2 rings (SSSR count). The summed E-state index contributed by atoms with van der Waals surface area (Å²) in [4.78, 5) is 15.2. The number of carbonyl (C=O) groups is 1. The fraction of sp³-hybridized carbons (Fsp3) is 0.200. The summed E-state index contributed by atoms with van der Waals surface area (Å²) in [6.45, 7) is 1.99. The van der Waals surface area contributed by atoms with Crippen LogP contribution in [0.1, 0.15) is 28.5 Å². The number of hydrogen-bond donors (Lipinski definition) is 1. The van der Waals surface area contributed by atoms with Crippen molar-refractivity contribution in [1.29, 1.82) is 0 Å². The van der Waals surface area contributed by atoms with Gasteiger partial charge in [0.25, 0.3) is 5.91 Å². The maximum absolute atomic E-state index is 12.4. The van der Waals surface area contributed by atoms with Crippen LogP contribution in [-0.2, 0) is 12.6 Å². The summed E-state index contributed by atoms with van der Waals surface area (Å²) in [6, 6.07) is 9.16. The third-order valence-electron chi connectivity index (χ3n) is 2.91. The first-order valence-corrected chi connectivity index (χ1v) is 6.33. The quantitative estimate of drug-likeness (QED) is 0.932. The van der Waals surface area contributed by atoms with Gasteiger partial charge in [0.15, 0.2) is 0 Å². The van der Waals surface area contributed by atoms with E-state index in [0.717, 1.165) is 30.3 Å². The largest absolute Gasteiger partial charge is 0.433 e. The van der Waals surface area contributed by atoms with Crippen molar-refractivity contribution in [3.8, 4) is 0 Å². The van der Waals surface area contributed by atoms with Crippen LogP contribution in [0.4, 0.5) is 18.9 Å². The number of aromatic nitrogens is 1. The van der Waals surface area contributed by atoms with Gasteiger partial charge in [0.2, 0.25) is 0 Å². The van der Waals surface area contributed by atoms with Gasteiger partial charge < -0.3 is 5.32 Å². The van der Waals surface area contributed by atoms with E-state index in [9.17, 15) is 18.0 Å². The van der Waals surface area contributed by atoms with Crippen LogP contribution < -0.4 is 5.32 Å². The summed E-state index contributed by atoms with van der Waals surface area (Å²) < 4.78 is 37.2. The minimum absolute atomic E-state index is 0.0740. The molecule has 0 spiro atoms. The van der Waals surface area contributed by atoms with E-state index in [1.807, 2.05) is 19.1 Å². The number of rotatable bonds is 3. The summed E-state index contributed by atoms with van der Waals surface area (Å²) in [5, 5.41) is 2.63. The Morgan fingerprint density at radius 1 is 1.24 bits per heavy atom. The van der Waals surface area contributed by atoms with Crippen LogP contribution in [0.3, 0.4) is 0 Å². The van der Waals surface area contributed by atoms with Crippen molar-refractivity contribution in [3.05, 3.63) is 59.4 Å². The molecule has 0 fully saturated rings. The molecule has 0 aliphatic rings. The highest BCUT2D eigenvalue weighted by Crippen LogP contribution is 2.27. The Labute approximate surface area is 119 Å². The molecule has 0 saturated heterocycles. The van der Waals surface area contributed by atoms with E-state index in [-0.39, 0.29) is 5.56 Å². The van der Waals surface area contributed by atoms with Crippen molar-refractivity contribution in [1.82, 2.24) is 4.98 Å². The molecule has 0 unspecified atom stereocenters. The standard InChI is InChI=1S/C15H13F3N2O/c1-2-10-4-3-5-12(8-10)20-14(21)11-6-7-13(19-9-11)15(16,17)18/h3-9H,2H2,1H3,(H,20,21). The third-order valence-corrected chi connectivity index (χ3v) is 2.91. The van der Waals surface area contributed by atoms with E-state index in [1.165, 1.54) is 0 Å². The lowest BCUT2D eigenvalue weighted by Gasteiger charge is -2.08. The minimum atomic E-state index is -4.51. The van der Waals surface area contributed by atoms with Gasteiger partial charge in [-0.15, -0.1) is 0 Å². The zero-order valence-corrected chi connectivity index (χ0v) is 11.2. The zero-order chi connectivity index (χ0) is 15.5. The normalized spacial score (nSPS) is 11.2. The van der Waals surface area contributed by atoms with E-state index in [2.05, 4.69) is 10.3 Å². The SMILES string of the molecule is CCc1cccc(NC(=O)c2ccc(C(F)(F)F)nc2)c1. The summed E-state index contributed by atoms with van der Waals surface area (Å²) in [5.74, 6) is -0.496. The first-order valence-electron chi connectivity index (χ1n) is 6.33. The number of alkyl halides is 3. The number of nitrogens with zero attached hydrogens (tertiary/aromatic N) is 1. The van der Waals surface area contributed by atoms with Crippen molar-refractivity contribution >= 4 is 11.6 Å². The molecule has 1 amide bonds. The third kappa shape index (κ3) is 3.81. The predicted octanol–water partition coefficient (Wildman–Crippen LogP) is 3.92. The Hall–Kier alpha value is -2.37. The van der Waals surface area contributed by atoms with Crippen molar-refractivity contribution in [3.63, 3.8) is 0 Å². The summed E-state index contributed by atoms with van der Waals surface area (Å²) >= 11 is 0. The number of benzene rings is 1. The Balaban J connectivity index is 2.13. The molecule has 1 N–H and O–H groups in total. The minimum Gasteiger partial charge on any atom is -0.322 e. The number of nitrogens with one attached hydrogen (secondary N) is 1. The molecule has 2 aromatic rings. The van der Waals surface area contributed by atoms with Gasteiger partial charge in [0, 0.05) is 11.9 Å². The Morgan fingerprint density at radius 3 is 2.57 bits per heavy atom. The van der Waals surface area contributed by atoms with Crippen LogP contribution >= 0.6 is 0 Å². The number of anilines is 1. The number of halogens is 3. The molecule has 110 valence electrons. The van der Waals surface area contributed by atoms with Crippen molar-refractivity contribution < 1.29 is 18.0 Å². The molecule has 0 radical (unpaired) electrons. The van der Waals surface area contributed by atoms with Gasteiger partial charge in [-0.05, 0) is 36.2 Å². The van der Waals surface area contributed by atoms with Gasteiger partial charge in [-0.25, -0.2) is 0 Å². The van der Waals surface area contributed by atoms with Gasteiger partial charge in [-0.1, -0.05) is 19.1 Å². The monoisotopic (exact) mass is 294 g/mol. The fourth-order valence-electron chi connectivity index (χ4n) is 1.77. The molecule has 21 heavy (non-hydrogen) atoms. The van der Waals surface area contributed by atoms with Gasteiger partial charge in [-0.3, -0.25) is 9.78 Å². The van der Waals surface area contributed by atoms with Crippen LogP contribution in [0.15, 0.2) is 42.6 Å². The van der Waals surface area contributed by atoms with Gasteiger partial charge in [0.1, 0.15) is 5.69 Å². The summed E-state index contributed by atoms with van der Waals surface area (Å²) in [7, 11) is 0. The predicted molar refractivity (Wildman–Crippen MR) is 73.0 cm³/mol. The zero-order valence-electron chi connectivity index (χ0n) is 11.2. The molecule has 0 aliphatic heterocycles. The smallest absolute Gasteiger partial charge is 0.322 e. The maximum Gasteiger partial charge on any atom is 0.433 e. The fourth-order valence-corrected chi connectivity index (χ4v) is 1.77. The second-order valence-corrected chi connectivity index (χ2v) is 4.44. The molecular weight excluding hydrogens is 281 g/mol. The molecule has 0 aliphatic carbocycles. The average Bonchev–Trinajstić information content (AvgIpc) is 2.46. The first-order chi connectivity index (χ1) is 9.90. The van der Waals surface area contributed by atoms with E-state index in [0.29, 0.717) is 5.69 Å². The molecular formula is C15H13F3N2O. The number of carbonyl (C=O) groups excluding carboxylic acids is 1. The van der Waals surface area contributed by atoms with Crippen LogP contribution in [0.25, 0.3) is 0 Å². The van der Waals surface area contributed by atoms with Gasteiger partial charge in [-0.2, -0.15) is 13.2 Å². The van der Waals surface area contributed by atoms with Crippen LogP contribution in [0.2, 0.25) is 0 Å². The van der Waals surface area contributed by atoms with Crippen molar-refractivity contribution in [2.24, 2.45) is 0 Å². The summed E-state index contributed by atoms with van der Waals surface area (Å²) in [6.07, 6.45) is -2.77. The second-order valence-electron chi connectivity index (χ2n) is 4.44. The topological polar surface area (TPSA) is 42.0 Å². The highest BCUT2D eigenvalue weighted by Gasteiger charge is 2.32. The average molecular weight is 294 g/mol. The molecule has 6 heteroatoms. The highest BCUT2D eigenvalue weighted by molar-refractivity contribution is 6.04. The Morgan fingerprint density at radius 2 is 2.00 bits per heavy atom. The lowest BCUT2D eigenvalue weighted by molar-refractivity contribution is -0.141. The number of amides is 1. The summed E-state index contributed by atoms with van der Waals surface area (Å²) in [5.41, 5.74) is 0.703. The molecule has 1 aromatic heterocycles. The second kappa shape index (κ2) is 5.95. The molecule has 1 aromatic carbocycles. The highest BCUT2D eigenvalue weighted by atomic mass is 19.4. The molecule has 0 saturated carbocycles. The van der Waals surface area contributed by atoms with Crippen LogP contribution in [-0.4, -0.2) is 10.9 Å². The van der Waals surface area contributed by atoms with E-state index in [4.69, 9.17) is 0 Å². The number of pyridine rings is 1. The van der Waals surface area contributed by atoms with Crippen LogP contribution in [0.5, 0.6) is 0 Å². The van der Waals surface area contributed by atoms with E-state index in [1.54, 1.807) is 12.1 Å². The molecule has 0 atom stereocenters.